The summed E-state index contributed by atoms with van der Waals surface area (Å²) in [6, 6.07) is 19.6. The third-order valence-corrected chi connectivity index (χ3v) is 5.40. The zero-order valence-electron chi connectivity index (χ0n) is 16.3. The van der Waals surface area contributed by atoms with E-state index in [9.17, 15) is 19.8 Å². The SMILES string of the molecule is O=C(O)C(CCCc1ccccc1)CC(=O)C1(O)C=CC(c2ccccc2)=CC1. The number of hydrogen-bond acceptors (Lipinski definition) is 3. The molecular weight excluding hydrogens is 364 g/mol. The summed E-state index contributed by atoms with van der Waals surface area (Å²) in [6.45, 7) is 0. The number of Topliss-reactive ketones (excluding diaryl/α,β-unsaturated/α-hetero) is 1. The molecule has 3 rings (SSSR count). The minimum atomic E-state index is -1.63. The molecule has 4 heteroatoms. The molecule has 150 valence electrons. The van der Waals surface area contributed by atoms with Crippen LogP contribution in [0.5, 0.6) is 0 Å². The van der Waals surface area contributed by atoms with Crippen LogP contribution in [0.25, 0.3) is 5.57 Å². The van der Waals surface area contributed by atoms with E-state index in [4.69, 9.17) is 0 Å². The van der Waals surface area contributed by atoms with Gasteiger partial charge in [0.15, 0.2) is 5.78 Å². The van der Waals surface area contributed by atoms with E-state index in [0.29, 0.717) is 12.8 Å². The maximum Gasteiger partial charge on any atom is 0.306 e. The summed E-state index contributed by atoms with van der Waals surface area (Å²) in [5, 5.41) is 20.3. The van der Waals surface area contributed by atoms with E-state index < -0.39 is 23.3 Å². The molecule has 0 heterocycles. The third kappa shape index (κ3) is 5.52. The van der Waals surface area contributed by atoms with Gasteiger partial charge in [-0.25, -0.2) is 0 Å². The first-order chi connectivity index (χ1) is 14.0. The number of aliphatic hydroxyl groups is 1. The first kappa shape index (κ1) is 20.7. The lowest BCUT2D eigenvalue weighted by Crippen LogP contribution is -2.39. The second kappa shape index (κ2) is 9.48. The topological polar surface area (TPSA) is 74.6 Å². The summed E-state index contributed by atoms with van der Waals surface area (Å²) in [4.78, 5) is 24.4. The molecule has 0 saturated heterocycles. The van der Waals surface area contributed by atoms with Gasteiger partial charge in [-0.05, 0) is 42.0 Å². The van der Waals surface area contributed by atoms with Gasteiger partial charge in [-0.2, -0.15) is 0 Å². The molecule has 0 saturated carbocycles. The highest BCUT2D eigenvalue weighted by Crippen LogP contribution is 2.30. The minimum absolute atomic E-state index is 0.156. The molecule has 0 spiro atoms. The normalized spacial score (nSPS) is 19.4. The van der Waals surface area contributed by atoms with Crippen LogP contribution in [0, 0.1) is 5.92 Å². The molecule has 0 radical (unpaired) electrons. The highest BCUT2D eigenvalue weighted by Gasteiger charge is 2.36. The Morgan fingerprint density at radius 2 is 1.66 bits per heavy atom. The molecule has 2 N–H and O–H groups in total. The van der Waals surface area contributed by atoms with Crippen LogP contribution in [0.4, 0.5) is 0 Å². The Morgan fingerprint density at radius 1 is 1.00 bits per heavy atom. The molecule has 0 aliphatic heterocycles. The fourth-order valence-electron chi connectivity index (χ4n) is 3.59. The van der Waals surface area contributed by atoms with Crippen LogP contribution in [0.2, 0.25) is 0 Å². The first-order valence-electron chi connectivity index (χ1n) is 9.95. The van der Waals surface area contributed by atoms with Crippen LogP contribution in [-0.4, -0.2) is 27.6 Å². The fourth-order valence-corrected chi connectivity index (χ4v) is 3.59. The van der Waals surface area contributed by atoms with Gasteiger partial charge in [-0.1, -0.05) is 72.8 Å². The summed E-state index contributed by atoms with van der Waals surface area (Å²) in [5.41, 5.74) is 1.48. The van der Waals surface area contributed by atoms with E-state index in [1.54, 1.807) is 6.08 Å². The monoisotopic (exact) mass is 390 g/mol. The number of aliphatic carboxylic acids is 1. The molecule has 0 amide bonds. The maximum atomic E-state index is 12.7. The Hall–Kier alpha value is -2.98. The smallest absolute Gasteiger partial charge is 0.306 e. The highest BCUT2D eigenvalue weighted by molar-refractivity contribution is 5.94. The summed E-state index contributed by atoms with van der Waals surface area (Å²) >= 11 is 0. The number of benzene rings is 2. The molecule has 0 aromatic heterocycles. The zero-order valence-corrected chi connectivity index (χ0v) is 16.3. The first-order valence-corrected chi connectivity index (χ1v) is 9.95. The number of aryl methyl sites for hydroxylation is 1. The van der Waals surface area contributed by atoms with E-state index in [-0.39, 0.29) is 12.8 Å². The molecule has 29 heavy (non-hydrogen) atoms. The number of rotatable bonds is 9. The molecule has 4 nitrogen and oxygen atoms in total. The van der Waals surface area contributed by atoms with Crippen LogP contribution in [0.1, 0.15) is 36.8 Å². The van der Waals surface area contributed by atoms with Gasteiger partial charge >= 0.3 is 5.97 Å². The van der Waals surface area contributed by atoms with Crippen molar-refractivity contribution < 1.29 is 19.8 Å². The van der Waals surface area contributed by atoms with Gasteiger partial charge in [0.1, 0.15) is 5.60 Å². The van der Waals surface area contributed by atoms with Crippen molar-refractivity contribution in [1.29, 1.82) is 0 Å². The summed E-state index contributed by atoms with van der Waals surface area (Å²) < 4.78 is 0. The predicted octanol–water partition coefficient (Wildman–Crippen LogP) is 4.44. The molecule has 2 unspecified atom stereocenters. The number of carboxylic acids is 1. The number of hydrogen-bond donors (Lipinski definition) is 2. The van der Waals surface area contributed by atoms with Crippen molar-refractivity contribution in [1.82, 2.24) is 0 Å². The lowest BCUT2D eigenvalue weighted by atomic mass is 9.82. The molecule has 1 aliphatic carbocycles. The summed E-state index contributed by atoms with van der Waals surface area (Å²) in [7, 11) is 0. The van der Waals surface area contributed by atoms with Crippen molar-refractivity contribution >= 4 is 17.3 Å². The second-order valence-corrected chi connectivity index (χ2v) is 7.53. The molecule has 0 fully saturated rings. The van der Waals surface area contributed by atoms with E-state index in [2.05, 4.69) is 0 Å². The van der Waals surface area contributed by atoms with E-state index in [0.717, 1.165) is 23.1 Å². The van der Waals surface area contributed by atoms with Crippen LogP contribution >= 0.6 is 0 Å². The number of carbonyl (C=O) groups excluding carboxylic acids is 1. The van der Waals surface area contributed by atoms with Crippen LogP contribution in [0.3, 0.4) is 0 Å². The average Bonchev–Trinajstić information content (AvgIpc) is 2.74. The van der Waals surface area contributed by atoms with Gasteiger partial charge in [0.05, 0.1) is 5.92 Å². The van der Waals surface area contributed by atoms with E-state index in [1.165, 1.54) is 6.08 Å². The van der Waals surface area contributed by atoms with Gasteiger partial charge in [0, 0.05) is 12.8 Å². The molecule has 0 bridgehead atoms. The largest absolute Gasteiger partial charge is 0.481 e. The number of allylic oxidation sites excluding steroid dienone is 2. The van der Waals surface area contributed by atoms with Crippen LogP contribution in [0.15, 0.2) is 78.9 Å². The molecule has 2 aromatic carbocycles. The summed E-state index contributed by atoms with van der Waals surface area (Å²) in [6.07, 6.45) is 6.91. The van der Waals surface area contributed by atoms with Gasteiger partial charge in [-0.3, -0.25) is 9.59 Å². The van der Waals surface area contributed by atoms with Crippen molar-refractivity contribution in [2.75, 3.05) is 0 Å². The van der Waals surface area contributed by atoms with Crippen molar-refractivity contribution in [3.05, 3.63) is 90.0 Å². The van der Waals surface area contributed by atoms with Gasteiger partial charge < -0.3 is 10.2 Å². The maximum absolute atomic E-state index is 12.7. The van der Waals surface area contributed by atoms with Crippen molar-refractivity contribution in [2.45, 2.75) is 37.7 Å². The van der Waals surface area contributed by atoms with Crippen molar-refractivity contribution in [3.63, 3.8) is 0 Å². The quantitative estimate of drug-likeness (QED) is 0.664. The van der Waals surface area contributed by atoms with E-state index in [1.807, 2.05) is 66.7 Å². The Bertz CT molecular complexity index is 899. The Kier molecular flexibility index (Phi) is 6.78. The molecule has 1 aliphatic rings. The van der Waals surface area contributed by atoms with Gasteiger partial charge in [-0.15, -0.1) is 0 Å². The Balaban J connectivity index is 1.57. The van der Waals surface area contributed by atoms with Gasteiger partial charge in [0.25, 0.3) is 0 Å². The lowest BCUT2D eigenvalue weighted by Gasteiger charge is -2.26. The minimum Gasteiger partial charge on any atom is -0.481 e. The lowest BCUT2D eigenvalue weighted by molar-refractivity contribution is -0.146. The average molecular weight is 390 g/mol. The van der Waals surface area contributed by atoms with E-state index >= 15 is 0 Å². The predicted molar refractivity (Wildman–Crippen MR) is 113 cm³/mol. The van der Waals surface area contributed by atoms with Crippen LogP contribution in [-0.2, 0) is 16.0 Å². The number of carbonyl (C=O) groups is 2. The summed E-state index contributed by atoms with van der Waals surface area (Å²) in [5.74, 6) is -2.22. The van der Waals surface area contributed by atoms with Crippen molar-refractivity contribution in [3.8, 4) is 0 Å². The molecule has 2 aromatic rings. The van der Waals surface area contributed by atoms with Crippen molar-refractivity contribution in [2.24, 2.45) is 5.92 Å². The Morgan fingerprint density at radius 3 is 2.24 bits per heavy atom. The second-order valence-electron chi connectivity index (χ2n) is 7.53. The fraction of sp³-hybridized carbons (Fsp3) is 0.280. The number of ketones is 1. The molecule has 2 atom stereocenters. The third-order valence-electron chi connectivity index (χ3n) is 5.40. The van der Waals surface area contributed by atoms with Gasteiger partial charge in [0.2, 0.25) is 0 Å². The zero-order chi connectivity index (χ0) is 20.7. The molecular formula is C25H26O4. The standard InChI is InChI=1S/C25H26O4/c26-23(18-22(24(27)28)13-7-10-19-8-3-1-4-9-19)25(29)16-14-21(15-17-25)20-11-5-2-6-12-20/h1-6,8-9,11-12,14-16,22,29H,7,10,13,17-18H2,(H,27,28). The highest BCUT2D eigenvalue weighted by atomic mass is 16.4. The van der Waals surface area contributed by atoms with Crippen LogP contribution < -0.4 is 0 Å². The number of carboxylic acid groups (broad SMARTS) is 1. The Labute approximate surface area is 171 Å².